The van der Waals surface area contributed by atoms with Crippen molar-refractivity contribution in [3.8, 4) is 10.6 Å². The van der Waals surface area contributed by atoms with Gasteiger partial charge in [0.15, 0.2) is 11.6 Å². The molecule has 0 radical (unpaired) electrons. The molecular weight excluding hydrogens is 290 g/mol. The van der Waals surface area contributed by atoms with E-state index in [1.54, 1.807) is 17.4 Å². The predicted molar refractivity (Wildman–Crippen MR) is 81.7 cm³/mol. The lowest BCUT2D eigenvalue weighted by atomic mass is 9.91. The van der Waals surface area contributed by atoms with E-state index in [1.165, 1.54) is 23.4 Å². The van der Waals surface area contributed by atoms with Crippen molar-refractivity contribution < 1.29 is 8.78 Å². The summed E-state index contributed by atoms with van der Waals surface area (Å²) in [6.45, 7) is 3.98. The number of nitrogens with zero attached hydrogens (tertiary/aromatic N) is 1. The lowest BCUT2D eigenvalue weighted by Crippen LogP contribution is -2.23. The summed E-state index contributed by atoms with van der Waals surface area (Å²) in [6, 6.07) is 4.00. The number of aryl methyl sites for hydroxylation is 1. The zero-order valence-electron chi connectivity index (χ0n) is 12.0. The Balaban J connectivity index is 1.91. The van der Waals surface area contributed by atoms with Gasteiger partial charge in [0.2, 0.25) is 0 Å². The van der Waals surface area contributed by atoms with E-state index < -0.39 is 11.6 Å². The molecule has 1 aliphatic carbocycles. The second-order valence-corrected chi connectivity index (χ2v) is 6.44. The Kier molecular flexibility index (Phi) is 4.31. The van der Waals surface area contributed by atoms with Gasteiger partial charge in [-0.05, 0) is 44.0 Å². The summed E-state index contributed by atoms with van der Waals surface area (Å²) < 4.78 is 26.4. The fraction of sp³-hybridized carbons (Fsp3) is 0.438. The molecule has 3 rings (SSSR count). The van der Waals surface area contributed by atoms with Crippen LogP contribution in [-0.2, 0) is 6.42 Å². The van der Waals surface area contributed by atoms with Crippen LogP contribution in [0.25, 0.3) is 10.6 Å². The first-order valence-corrected chi connectivity index (χ1v) is 8.16. The fourth-order valence-electron chi connectivity index (χ4n) is 2.78. The highest BCUT2D eigenvalue weighted by Gasteiger charge is 2.24. The molecule has 1 aromatic heterocycles. The molecule has 0 amide bonds. The third-order valence-corrected chi connectivity index (χ3v) is 5.06. The molecule has 0 saturated heterocycles. The lowest BCUT2D eigenvalue weighted by molar-refractivity contribution is 0.508. The molecule has 1 aromatic carbocycles. The van der Waals surface area contributed by atoms with Gasteiger partial charge in [0.1, 0.15) is 5.01 Å². The number of aromatic nitrogens is 1. The van der Waals surface area contributed by atoms with E-state index >= 15 is 0 Å². The zero-order chi connectivity index (χ0) is 14.8. The molecule has 2 aromatic rings. The van der Waals surface area contributed by atoms with Gasteiger partial charge in [0, 0.05) is 22.9 Å². The van der Waals surface area contributed by atoms with Gasteiger partial charge in [-0.1, -0.05) is 6.92 Å². The van der Waals surface area contributed by atoms with Crippen LogP contribution in [-0.4, -0.2) is 18.1 Å². The van der Waals surface area contributed by atoms with Crippen molar-refractivity contribution in [3.05, 3.63) is 40.4 Å². The third kappa shape index (κ3) is 2.99. The van der Waals surface area contributed by atoms with Gasteiger partial charge < -0.3 is 5.32 Å². The molecule has 0 spiro atoms. The van der Waals surface area contributed by atoms with Gasteiger partial charge in [-0.25, -0.2) is 13.8 Å². The number of halogens is 2. The number of thiazole rings is 1. The molecule has 5 heteroatoms. The van der Waals surface area contributed by atoms with Gasteiger partial charge in [-0.3, -0.25) is 0 Å². The second-order valence-electron chi connectivity index (χ2n) is 5.35. The van der Waals surface area contributed by atoms with E-state index in [4.69, 9.17) is 4.98 Å². The average Bonchev–Trinajstić information content (AvgIpc) is 2.92. The standard InChI is InChI=1S/C16H18F2N2S/c1-2-19-9-11-4-3-5-14-15(11)20-16(21-14)10-6-7-12(17)13(18)8-10/h6-8,11,19H,2-5,9H2,1H3. The number of rotatable bonds is 4. The molecule has 1 aliphatic rings. The van der Waals surface area contributed by atoms with Crippen LogP contribution in [0, 0.1) is 11.6 Å². The van der Waals surface area contributed by atoms with Crippen molar-refractivity contribution in [2.75, 3.05) is 13.1 Å². The van der Waals surface area contributed by atoms with Crippen molar-refractivity contribution in [2.24, 2.45) is 0 Å². The largest absolute Gasteiger partial charge is 0.316 e. The van der Waals surface area contributed by atoms with Crippen molar-refractivity contribution in [2.45, 2.75) is 32.1 Å². The monoisotopic (exact) mass is 308 g/mol. The van der Waals surface area contributed by atoms with Crippen molar-refractivity contribution >= 4 is 11.3 Å². The molecule has 1 N–H and O–H groups in total. The molecule has 112 valence electrons. The highest BCUT2D eigenvalue weighted by Crippen LogP contribution is 2.38. The summed E-state index contributed by atoms with van der Waals surface area (Å²) in [7, 11) is 0. The van der Waals surface area contributed by atoms with Gasteiger partial charge >= 0.3 is 0 Å². The van der Waals surface area contributed by atoms with Crippen LogP contribution in [0.4, 0.5) is 8.78 Å². The Morgan fingerprint density at radius 2 is 2.19 bits per heavy atom. The van der Waals surface area contributed by atoms with Crippen molar-refractivity contribution in [1.82, 2.24) is 10.3 Å². The van der Waals surface area contributed by atoms with Crippen LogP contribution in [0.1, 0.15) is 36.3 Å². The molecule has 2 nitrogen and oxygen atoms in total. The number of fused-ring (bicyclic) bond motifs is 1. The third-order valence-electron chi connectivity index (χ3n) is 3.88. The van der Waals surface area contributed by atoms with E-state index in [2.05, 4.69) is 12.2 Å². The summed E-state index contributed by atoms with van der Waals surface area (Å²) in [5, 5.41) is 4.17. The van der Waals surface area contributed by atoms with Crippen LogP contribution in [0.2, 0.25) is 0 Å². The maximum Gasteiger partial charge on any atom is 0.159 e. The molecule has 0 saturated carbocycles. The zero-order valence-corrected chi connectivity index (χ0v) is 12.8. The highest BCUT2D eigenvalue weighted by molar-refractivity contribution is 7.15. The van der Waals surface area contributed by atoms with E-state index in [9.17, 15) is 8.78 Å². The Morgan fingerprint density at radius 1 is 1.33 bits per heavy atom. The first-order chi connectivity index (χ1) is 10.2. The number of hydrogen-bond acceptors (Lipinski definition) is 3. The Labute approximate surface area is 127 Å². The van der Waals surface area contributed by atoms with Crippen LogP contribution in [0.15, 0.2) is 18.2 Å². The number of nitrogens with one attached hydrogen (secondary N) is 1. The molecule has 21 heavy (non-hydrogen) atoms. The Hall–Kier alpha value is -1.33. The first-order valence-electron chi connectivity index (χ1n) is 7.34. The summed E-state index contributed by atoms with van der Waals surface area (Å²) in [6.07, 6.45) is 3.35. The quantitative estimate of drug-likeness (QED) is 0.919. The summed E-state index contributed by atoms with van der Waals surface area (Å²) in [4.78, 5) is 6.01. The van der Waals surface area contributed by atoms with Crippen molar-refractivity contribution in [1.29, 1.82) is 0 Å². The second kappa shape index (κ2) is 6.20. The van der Waals surface area contributed by atoms with Gasteiger partial charge in [0.25, 0.3) is 0 Å². The van der Waals surface area contributed by atoms with Gasteiger partial charge in [-0.15, -0.1) is 11.3 Å². The summed E-state index contributed by atoms with van der Waals surface area (Å²) in [5.74, 6) is -1.20. The maximum atomic E-state index is 13.4. The van der Waals surface area contributed by atoms with Crippen LogP contribution < -0.4 is 5.32 Å². The molecule has 0 bridgehead atoms. The minimum absolute atomic E-state index is 0.434. The molecule has 1 heterocycles. The minimum atomic E-state index is -0.815. The fourth-order valence-corrected chi connectivity index (χ4v) is 3.96. The van der Waals surface area contributed by atoms with Crippen LogP contribution in [0.5, 0.6) is 0 Å². The average molecular weight is 308 g/mol. The SMILES string of the molecule is CCNCC1CCCc2sc(-c3ccc(F)c(F)c3)nc21. The van der Waals surface area contributed by atoms with E-state index in [1.807, 2.05) is 0 Å². The molecule has 0 fully saturated rings. The van der Waals surface area contributed by atoms with Gasteiger partial charge in [-0.2, -0.15) is 0 Å². The predicted octanol–water partition coefficient (Wildman–Crippen LogP) is 4.12. The Bertz CT molecular complexity index is 639. The summed E-state index contributed by atoms with van der Waals surface area (Å²) >= 11 is 1.61. The van der Waals surface area contributed by atoms with Crippen molar-refractivity contribution in [3.63, 3.8) is 0 Å². The topological polar surface area (TPSA) is 24.9 Å². The van der Waals surface area contributed by atoms with Crippen LogP contribution in [0.3, 0.4) is 0 Å². The number of benzene rings is 1. The molecule has 0 aliphatic heterocycles. The van der Waals surface area contributed by atoms with E-state index in [0.717, 1.165) is 36.6 Å². The van der Waals surface area contributed by atoms with Crippen LogP contribution >= 0.6 is 11.3 Å². The molecule has 1 unspecified atom stereocenters. The normalized spacial score (nSPS) is 17.8. The highest BCUT2D eigenvalue weighted by atomic mass is 32.1. The van der Waals surface area contributed by atoms with E-state index in [0.29, 0.717) is 11.5 Å². The van der Waals surface area contributed by atoms with Gasteiger partial charge in [0.05, 0.1) is 5.69 Å². The smallest absolute Gasteiger partial charge is 0.159 e. The summed E-state index contributed by atoms with van der Waals surface area (Å²) in [5.41, 5.74) is 1.81. The number of likely N-dealkylation sites (N-methyl/N-ethyl adjacent to an activating group) is 1. The first kappa shape index (κ1) is 14.6. The lowest BCUT2D eigenvalue weighted by Gasteiger charge is -2.21. The molecular formula is C16H18F2N2S. The maximum absolute atomic E-state index is 13.4. The van der Waals surface area contributed by atoms with E-state index in [-0.39, 0.29) is 0 Å². The molecule has 1 atom stereocenters. The number of hydrogen-bond donors (Lipinski definition) is 1. The minimum Gasteiger partial charge on any atom is -0.316 e. The Morgan fingerprint density at radius 3 is 2.95 bits per heavy atom.